The molecule has 1 atom stereocenters. The molecule has 0 N–H and O–H groups in total. The first-order valence-electron chi connectivity index (χ1n) is 7.29. The minimum atomic E-state index is 0.285. The number of rotatable bonds is 4. The van der Waals surface area contributed by atoms with Gasteiger partial charge in [0.05, 0.1) is 18.3 Å². The van der Waals surface area contributed by atoms with Gasteiger partial charge in [0.1, 0.15) is 0 Å². The maximum Gasteiger partial charge on any atom is 0.240 e. The monoisotopic (exact) mass is 274 g/mol. The number of aromatic nitrogens is 3. The van der Waals surface area contributed by atoms with Crippen LogP contribution >= 0.6 is 0 Å². The van der Waals surface area contributed by atoms with E-state index in [1.165, 1.54) is 12.8 Å². The highest BCUT2D eigenvalue weighted by atomic mass is 16.5. The fraction of sp³-hybridized carbons (Fsp3) is 0.643. The number of hydrogen-bond donors (Lipinski definition) is 0. The summed E-state index contributed by atoms with van der Waals surface area (Å²) in [7, 11) is 0. The molecule has 2 aromatic heterocycles. The normalized spacial score (nSPS) is 23.6. The molecule has 0 radical (unpaired) electrons. The first kappa shape index (κ1) is 12.1. The lowest BCUT2D eigenvalue weighted by molar-refractivity contribution is 0.183. The van der Waals surface area contributed by atoms with E-state index in [1.807, 2.05) is 13.0 Å². The molecule has 0 unspecified atom stereocenters. The van der Waals surface area contributed by atoms with Crippen molar-refractivity contribution in [1.82, 2.24) is 20.2 Å². The highest BCUT2D eigenvalue weighted by molar-refractivity contribution is 5.10. The summed E-state index contributed by atoms with van der Waals surface area (Å²) in [6.07, 6.45) is 4.65. The smallest absolute Gasteiger partial charge is 0.240 e. The summed E-state index contributed by atoms with van der Waals surface area (Å²) < 4.78 is 10.8. The Morgan fingerprint density at radius 3 is 2.90 bits per heavy atom. The number of hydrogen-bond acceptors (Lipinski definition) is 6. The molecule has 6 nitrogen and oxygen atoms in total. The van der Waals surface area contributed by atoms with Gasteiger partial charge in [-0.1, -0.05) is 10.3 Å². The quantitative estimate of drug-likeness (QED) is 0.853. The average molecular weight is 274 g/mol. The highest BCUT2D eigenvalue weighted by Gasteiger charge is 2.32. The number of aryl methyl sites for hydroxylation is 1. The molecule has 2 fully saturated rings. The van der Waals surface area contributed by atoms with Crippen molar-refractivity contribution in [2.75, 3.05) is 6.54 Å². The van der Waals surface area contributed by atoms with E-state index in [1.54, 1.807) is 0 Å². The lowest BCUT2D eigenvalue weighted by atomic mass is 10.1. The topological polar surface area (TPSA) is 68.2 Å². The van der Waals surface area contributed by atoms with Crippen LogP contribution in [0, 0.1) is 6.92 Å². The van der Waals surface area contributed by atoms with Gasteiger partial charge in [-0.25, -0.2) is 0 Å². The van der Waals surface area contributed by atoms with Gasteiger partial charge in [-0.2, -0.15) is 4.98 Å². The molecule has 0 bridgehead atoms. The molecule has 0 aromatic carbocycles. The van der Waals surface area contributed by atoms with E-state index in [0.717, 1.165) is 42.6 Å². The van der Waals surface area contributed by atoms with Gasteiger partial charge >= 0.3 is 0 Å². The molecule has 4 rings (SSSR count). The van der Waals surface area contributed by atoms with E-state index in [-0.39, 0.29) is 6.04 Å². The fourth-order valence-electron chi connectivity index (χ4n) is 2.89. The molecule has 2 aliphatic rings. The molecule has 3 heterocycles. The van der Waals surface area contributed by atoms with Gasteiger partial charge < -0.3 is 9.05 Å². The number of nitrogens with zero attached hydrogens (tertiary/aromatic N) is 4. The Labute approximate surface area is 117 Å². The first-order valence-corrected chi connectivity index (χ1v) is 7.29. The molecule has 2 aromatic rings. The highest BCUT2D eigenvalue weighted by Crippen LogP contribution is 2.38. The van der Waals surface area contributed by atoms with Gasteiger partial charge in [-0.15, -0.1) is 0 Å². The third kappa shape index (κ3) is 2.24. The van der Waals surface area contributed by atoms with Crippen LogP contribution in [0.3, 0.4) is 0 Å². The van der Waals surface area contributed by atoms with Crippen LogP contribution in [0.5, 0.6) is 0 Å². The zero-order valence-corrected chi connectivity index (χ0v) is 11.6. The Balaban J connectivity index is 1.48. The third-order valence-electron chi connectivity index (χ3n) is 4.10. The molecule has 1 saturated carbocycles. The molecular weight excluding hydrogens is 256 g/mol. The summed E-state index contributed by atoms with van der Waals surface area (Å²) in [5, 5.41) is 8.06. The van der Waals surface area contributed by atoms with Crippen molar-refractivity contribution < 1.29 is 9.05 Å². The molecule has 1 aliphatic heterocycles. The van der Waals surface area contributed by atoms with Gasteiger partial charge in [0, 0.05) is 12.0 Å². The van der Waals surface area contributed by atoms with Crippen LogP contribution in [0.1, 0.15) is 60.8 Å². The largest absolute Gasteiger partial charge is 0.359 e. The van der Waals surface area contributed by atoms with Crippen molar-refractivity contribution in [3.8, 4) is 0 Å². The van der Waals surface area contributed by atoms with E-state index >= 15 is 0 Å². The molecule has 106 valence electrons. The van der Waals surface area contributed by atoms with Crippen molar-refractivity contribution >= 4 is 0 Å². The Morgan fingerprint density at radius 1 is 1.25 bits per heavy atom. The maximum absolute atomic E-state index is 5.41. The van der Waals surface area contributed by atoms with Gasteiger partial charge in [-0.3, -0.25) is 4.90 Å². The summed E-state index contributed by atoms with van der Waals surface area (Å²) in [5.74, 6) is 3.09. The van der Waals surface area contributed by atoms with Crippen LogP contribution < -0.4 is 0 Å². The Bertz CT molecular complexity index is 602. The molecule has 1 aliphatic carbocycles. The molecule has 1 saturated heterocycles. The zero-order valence-electron chi connectivity index (χ0n) is 11.6. The van der Waals surface area contributed by atoms with Crippen molar-refractivity contribution in [3.05, 3.63) is 29.2 Å². The molecule has 20 heavy (non-hydrogen) atoms. The van der Waals surface area contributed by atoms with Crippen LogP contribution in [0.4, 0.5) is 0 Å². The summed E-state index contributed by atoms with van der Waals surface area (Å²) in [5.41, 5.74) is 0.931. The fourth-order valence-corrected chi connectivity index (χ4v) is 2.89. The Hall–Kier alpha value is -1.69. The first-order chi connectivity index (χ1) is 9.79. The zero-order chi connectivity index (χ0) is 13.5. The minimum Gasteiger partial charge on any atom is -0.359 e. The van der Waals surface area contributed by atoms with E-state index < -0.39 is 0 Å². The van der Waals surface area contributed by atoms with Crippen molar-refractivity contribution in [3.63, 3.8) is 0 Å². The van der Waals surface area contributed by atoms with E-state index in [0.29, 0.717) is 12.5 Å². The summed E-state index contributed by atoms with van der Waals surface area (Å²) in [6.45, 7) is 3.68. The third-order valence-corrected chi connectivity index (χ3v) is 4.10. The van der Waals surface area contributed by atoms with Crippen LogP contribution in [-0.2, 0) is 6.54 Å². The lowest BCUT2D eigenvalue weighted by Crippen LogP contribution is -2.22. The summed E-state index contributed by atoms with van der Waals surface area (Å²) >= 11 is 0. The van der Waals surface area contributed by atoms with Gasteiger partial charge in [-0.05, 0) is 39.2 Å². The van der Waals surface area contributed by atoms with Crippen molar-refractivity contribution in [2.24, 2.45) is 0 Å². The standard InChI is InChI=1S/C14H18N4O2/c1-9-7-12(19-16-9)11-3-2-6-18(11)8-13-15-14(17-20-13)10-4-5-10/h7,10-11H,2-6,8H2,1H3/t11-/m0/s1. The summed E-state index contributed by atoms with van der Waals surface area (Å²) in [6, 6.07) is 2.30. The molecule has 6 heteroatoms. The van der Waals surface area contributed by atoms with Gasteiger partial charge in [0.15, 0.2) is 11.6 Å². The number of likely N-dealkylation sites (tertiary alicyclic amines) is 1. The maximum atomic E-state index is 5.41. The predicted molar refractivity (Wildman–Crippen MR) is 69.9 cm³/mol. The van der Waals surface area contributed by atoms with E-state index in [9.17, 15) is 0 Å². The van der Waals surface area contributed by atoms with Gasteiger partial charge in [0.2, 0.25) is 5.89 Å². The lowest BCUT2D eigenvalue weighted by Gasteiger charge is -2.19. The second-order valence-electron chi connectivity index (χ2n) is 5.82. The van der Waals surface area contributed by atoms with Crippen LogP contribution in [0.25, 0.3) is 0 Å². The van der Waals surface area contributed by atoms with E-state index in [4.69, 9.17) is 9.05 Å². The van der Waals surface area contributed by atoms with Crippen LogP contribution in [-0.4, -0.2) is 26.7 Å². The average Bonchev–Trinajstić information content (AvgIpc) is 2.86. The second kappa shape index (κ2) is 4.70. The van der Waals surface area contributed by atoms with Crippen molar-refractivity contribution in [1.29, 1.82) is 0 Å². The minimum absolute atomic E-state index is 0.285. The SMILES string of the molecule is Cc1cc([C@@H]2CCCN2Cc2nc(C3CC3)no2)on1. The molecule has 0 spiro atoms. The van der Waals surface area contributed by atoms with E-state index in [2.05, 4.69) is 20.2 Å². The predicted octanol–water partition coefficient (Wildman–Crippen LogP) is 2.58. The van der Waals surface area contributed by atoms with Crippen LogP contribution in [0.15, 0.2) is 15.1 Å². The van der Waals surface area contributed by atoms with Gasteiger partial charge in [0.25, 0.3) is 0 Å². The van der Waals surface area contributed by atoms with Crippen LogP contribution in [0.2, 0.25) is 0 Å². The second-order valence-corrected chi connectivity index (χ2v) is 5.82. The molecular formula is C14H18N4O2. The van der Waals surface area contributed by atoms with Crippen molar-refractivity contribution in [2.45, 2.75) is 51.1 Å². The Kier molecular flexibility index (Phi) is 2.84. The summed E-state index contributed by atoms with van der Waals surface area (Å²) in [4.78, 5) is 6.84. The Morgan fingerprint density at radius 2 is 2.15 bits per heavy atom. The molecule has 0 amide bonds.